The first-order valence-electron chi connectivity index (χ1n) is 7.55. The molecule has 0 radical (unpaired) electrons. The van der Waals surface area contributed by atoms with Crippen LogP contribution in [0.1, 0.15) is 48.7 Å². The van der Waals surface area contributed by atoms with E-state index in [9.17, 15) is 5.26 Å². The summed E-state index contributed by atoms with van der Waals surface area (Å²) in [5.41, 5.74) is 5.47. The van der Waals surface area contributed by atoms with E-state index in [-0.39, 0.29) is 0 Å². The van der Waals surface area contributed by atoms with Crippen molar-refractivity contribution in [3.63, 3.8) is 0 Å². The average Bonchev–Trinajstić information content (AvgIpc) is 3.06. The number of unbranched alkanes of at least 4 members (excludes halogenated alkanes) is 1. The molecule has 3 heteroatoms. The van der Waals surface area contributed by atoms with Crippen LogP contribution in [-0.4, -0.2) is 9.78 Å². The maximum absolute atomic E-state index is 9.29. The van der Waals surface area contributed by atoms with Crippen LogP contribution in [0.4, 0.5) is 0 Å². The third-order valence-corrected chi connectivity index (χ3v) is 3.97. The zero-order valence-corrected chi connectivity index (χ0v) is 12.3. The van der Waals surface area contributed by atoms with Crippen LogP contribution in [0.2, 0.25) is 0 Å². The molecule has 0 aliphatic heterocycles. The molecule has 3 rings (SSSR count). The van der Waals surface area contributed by atoms with Crippen molar-refractivity contribution in [3.8, 4) is 6.07 Å². The molecule has 0 fully saturated rings. The van der Waals surface area contributed by atoms with Crippen LogP contribution >= 0.6 is 0 Å². The fourth-order valence-electron chi connectivity index (χ4n) is 2.85. The van der Waals surface area contributed by atoms with Crippen LogP contribution in [0.3, 0.4) is 0 Å². The lowest BCUT2D eigenvalue weighted by atomic mass is 10.1. The monoisotopic (exact) mass is 277 g/mol. The lowest BCUT2D eigenvalue weighted by Crippen LogP contribution is -2.03. The maximum atomic E-state index is 9.29. The van der Waals surface area contributed by atoms with Gasteiger partial charge in [0.15, 0.2) is 5.69 Å². The van der Waals surface area contributed by atoms with Gasteiger partial charge >= 0.3 is 0 Å². The van der Waals surface area contributed by atoms with Gasteiger partial charge in [0.25, 0.3) is 0 Å². The molecule has 1 aromatic heterocycles. The van der Waals surface area contributed by atoms with Crippen molar-refractivity contribution in [2.45, 2.75) is 39.2 Å². The van der Waals surface area contributed by atoms with E-state index in [0.717, 1.165) is 30.6 Å². The highest BCUT2D eigenvalue weighted by molar-refractivity contribution is 5.64. The molecule has 0 bridgehead atoms. The molecule has 0 saturated carbocycles. The number of aromatic nitrogens is 2. The van der Waals surface area contributed by atoms with Gasteiger partial charge in [0, 0.05) is 5.56 Å². The topological polar surface area (TPSA) is 41.6 Å². The smallest absolute Gasteiger partial charge is 0.166 e. The third-order valence-electron chi connectivity index (χ3n) is 3.97. The molecule has 2 aromatic rings. The molecule has 1 aliphatic carbocycles. The first-order chi connectivity index (χ1) is 10.3. The molecule has 0 spiro atoms. The third kappa shape index (κ3) is 2.75. The summed E-state index contributed by atoms with van der Waals surface area (Å²) in [5, 5.41) is 13.8. The average molecular weight is 277 g/mol. The number of hydrogen-bond acceptors (Lipinski definition) is 2. The van der Waals surface area contributed by atoms with Crippen molar-refractivity contribution in [2.24, 2.45) is 0 Å². The van der Waals surface area contributed by atoms with Crippen molar-refractivity contribution >= 4 is 6.08 Å². The van der Waals surface area contributed by atoms with Crippen LogP contribution in [-0.2, 0) is 13.0 Å². The number of benzene rings is 1. The van der Waals surface area contributed by atoms with Crippen LogP contribution in [0.5, 0.6) is 0 Å². The van der Waals surface area contributed by atoms with Gasteiger partial charge in [0.2, 0.25) is 0 Å². The Morgan fingerprint density at radius 3 is 2.81 bits per heavy atom. The van der Waals surface area contributed by atoms with Crippen LogP contribution in [0.15, 0.2) is 35.9 Å². The van der Waals surface area contributed by atoms with Gasteiger partial charge in [-0.2, -0.15) is 10.4 Å². The quantitative estimate of drug-likeness (QED) is 0.830. The number of nitriles is 1. The van der Waals surface area contributed by atoms with Crippen molar-refractivity contribution < 1.29 is 0 Å². The Labute approximate surface area is 125 Å². The van der Waals surface area contributed by atoms with Gasteiger partial charge in [0.05, 0.1) is 12.2 Å². The van der Waals surface area contributed by atoms with Gasteiger partial charge in [0.1, 0.15) is 6.07 Å². The summed E-state index contributed by atoms with van der Waals surface area (Å²) >= 11 is 0. The van der Waals surface area contributed by atoms with Gasteiger partial charge in [-0.25, -0.2) is 0 Å². The molecule has 0 saturated heterocycles. The predicted octanol–water partition coefficient (Wildman–Crippen LogP) is 3.93. The van der Waals surface area contributed by atoms with E-state index >= 15 is 0 Å². The first-order valence-corrected chi connectivity index (χ1v) is 7.55. The van der Waals surface area contributed by atoms with Crippen molar-refractivity contribution in [2.75, 3.05) is 0 Å². The fraction of sp³-hybridized carbons (Fsp3) is 0.333. The largest absolute Gasteiger partial charge is 0.259 e. The Morgan fingerprint density at radius 1 is 1.29 bits per heavy atom. The van der Waals surface area contributed by atoms with E-state index in [0.29, 0.717) is 5.69 Å². The highest BCUT2D eigenvalue weighted by Gasteiger charge is 2.22. The highest BCUT2D eigenvalue weighted by atomic mass is 15.3. The predicted molar refractivity (Wildman–Crippen MR) is 83.7 cm³/mol. The number of rotatable bonds is 5. The normalized spacial score (nSPS) is 12.9. The number of fused-ring (bicyclic) bond motifs is 1. The van der Waals surface area contributed by atoms with Crippen LogP contribution in [0.25, 0.3) is 6.08 Å². The second-order valence-corrected chi connectivity index (χ2v) is 5.55. The van der Waals surface area contributed by atoms with E-state index in [2.05, 4.69) is 36.3 Å². The number of hydrogen-bond donors (Lipinski definition) is 0. The van der Waals surface area contributed by atoms with E-state index in [1.807, 2.05) is 22.9 Å². The van der Waals surface area contributed by atoms with Crippen molar-refractivity contribution in [1.29, 1.82) is 5.26 Å². The van der Waals surface area contributed by atoms with Crippen LogP contribution < -0.4 is 0 Å². The molecule has 106 valence electrons. The van der Waals surface area contributed by atoms with Gasteiger partial charge in [-0.15, -0.1) is 0 Å². The number of allylic oxidation sites excluding steroid dienone is 1. The van der Waals surface area contributed by atoms with E-state index in [1.165, 1.54) is 24.0 Å². The van der Waals surface area contributed by atoms with E-state index < -0.39 is 0 Å². The lowest BCUT2D eigenvalue weighted by Gasteiger charge is -2.04. The van der Waals surface area contributed by atoms with Crippen molar-refractivity contribution in [3.05, 3.63) is 58.4 Å². The molecule has 0 atom stereocenters. The Balaban J connectivity index is 1.89. The SMILES string of the molecule is CCCCC1=Cc2c(c(C#N)nn2Cc2ccccc2)C1. The lowest BCUT2D eigenvalue weighted by molar-refractivity contribution is 0.677. The first kappa shape index (κ1) is 13.6. The Kier molecular flexibility index (Phi) is 3.87. The Morgan fingerprint density at radius 2 is 2.10 bits per heavy atom. The minimum absolute atomic E-state index is 0.587. The van der Waals surface area contributed by atoms with Crippen LogP contribution in [0, 0.1) is 11.3 Å². The van der Waals surface area contributed by atoms with E-state index in [1.54, 1.807) is 0 Å². The molecule has 1 aromatic carbocycles. The van der Waals surface area contributed by atoms with Gasteiger partial charge in [-0.1, -0.05) is 49.2 Å². The zero-order chi connectivity index (χ0) is 14.7. The highest BCUT2D eigenvalue weighted by Crippen LogP contribution is 2.30. The molecule has 1 aliphatic rings. The van der Waals surface area contributed by atoms with Crippen molar-refractivity contribution in [1.82, 2.24) is 9.78 Å². The summed E-state index contributed by atoms with van der Waals surface area (Å²) in [7, 11) is 0. The Hall–Kier alpha value is -2.34. The molecular formula is C18H19N3. The fourth-order valence-corrected chi connectivity index (χ4v) is 2.85. The van der Waals surface area contributed by atoms with Gasteiger partial charge in [-0.05, 0) is 30.9 Å². The molecule has 0 amide bonds. The molecule has 21 heavy (non-hydrogen) atoms. The minimum atomic E-state index is 0.587. The molecule has 3 nitrogen and oxygen atoms in total. The molecule has 0 unspecified atom stereocenters. The summed E-state index contributed by atoms with van der Waals surface area (Å²) in [6.45, 7) is 2.93. The second-order valence-electron chi connectivity index (χ2n) is 5.55. The van der Waals surface area contributed by atoms with Gasteiger partial charge in [-0.3, -0.25) is 4.68 Å². The molecular weight excluding hydrogens is 258 g/mol. The zero-order valence-electron chi connectivity index (χ0n) is 12.3. The second kappa shape index (κ2) is 5.97. The summed E-state index contributed by atoms with van der Waals surface area (Å²) in [6, 6.07) is 12.5. The summed E-state index contributed by atoms with van der Waals surface area (Å²) in [6.07, 6.45) is 6.68. The summed E-state index contributed by atoms with van der Waals surface area (Å²) in [4.78, 5) is 0. The summed E-state index contributed by atoms with van der Waals surface area (Å²) in [5.74, 6) is 0. The molecule has 0 N–H and O–H groups in total. The minimum Gasteiger partial charge on any atom is -0.259 e. The molecule has 1 heterocycles. The van der Waals surface area contributed by atoms with E-state index in [4.69, 9.17) is 0 Å². The maximum Gasteiger partial charge on any atom is 0.166 e. The number of nitrogens with zero attached hydrogens (tertiary/aromatic N) is 3. The standard InChI is InChI=1S/C18H19N3/c1-2-3-7-15-10-16-17(12-19)20-21(18(16)11-15)13-14-8-5-4-6-9-14/h4-6,8-9,11H,2-3,7,10,13H2,1H3. The van der Waals surface area contributed by atoms with Gasteiger partial charge < -0.3 is 0 Å². The summed E-state index contributed by atoms with van der Waals surface area (Å²) < 4.78 is 1.97. The Bertz CT molecular complexity index is 702.